The molecule has 0 saturated carbocycles. The molecule has 0 bridgehead atoms. The molecule has 0 aliphatic carbocycles. The van der Waals surface area contributed by atoms with Crippen molar-refractivity contribution >= 4 is 11.9 Å². The van der Waals surface area contributed by atoms with Crippen molar-refractivity contribution in [3.8, 4) is 5.75 Å². The number of aliphatic hydroxyl groups is 1. The molecular weight excluding hydrogens is 522 g/mol. The largest absolute Gasteiger partial charge is 0.463 e. The summed E-state index contributed by atoms with van der Waals surface area (Å²) in [5.74, 6) is -0.0331. The fourth-order valence-corrected chi connectivity index (χ4v) is 5.08. The number of hydrogen-bond donors (Lipinski definition) is 3. The maximum absolute atomic E-state index is 11.7. The number of carbonyl (C=O) groups is 2. The predicted molar refractivity (Wildman–Crippen MR) is 156 cm³/mol. The maximum atomic E-state index is 11.7. The van der Waals surface area contributed by atoms with Gasteiger partial charge in [-0.3, -0.25) is 10.1 Å². The van der Waals surface area contributed by atoms with Crippen molar-refractivity contribution in [1.29, 1.82) is 0 Å². The van der Waals surface area contributed by atoms with E-state index in [0.29, 0.717) is 19.7 Å². The molecule has 2 aliphatic heterocycles. The summed E-state index contributed by atoms with van der Waals surface area (Å²) in [6.07, 6.45) is 6.89. The lowest BCUT2D eigenvalue weighted by atomic mass is 10.0. The summed E-state index contributed by atoms with van der Waals surface area (Å²) in [4.78, 5) is 24.6. The quantitative estimate of drug-likeness (QED) is 0.189. The minimum absolute atomic E-state index is 0.129. The molecule has 0 aromatic heterocycles. The number of unbranched alkanes of at least 4 members (excludes halogenated alkanes) is 4. The summed E-state index contributed by atoms with van der Waals surface area (Å²) >= 11 is 0. The van der Waals surface area contributed by atoms with E-state index >= 15 is 0 Å². The number of carbonyl (C=O) groups excluding carboxylic acids is 2. The molecule has 9 nitrogen and oxygen atoms in total. The zero-order chi connectivity index (χ0) is 29.1. The highest BCUT2D eigenvalue weighted by molar-refractivity contribution is 6.01. The second kappa shape index (κ2) is 15.3. The van der Waals surface area contributed by atoms with Gasteiger partial charge in [-0.05, 0) is 67.5 Å². The molecule has 2 aromatic carbocycles. The number of ether oxygens (including phenoxy) is 3. The molecule has 0 radical (unpaired) electrons. The molecule has 0 unspecified atom stereocenters. The van der Waals surface area contributed by atoms with Gasteiger partial charge in [0.25, 0.3) is 0 Å². The fourth-order valence-electron chi connectivity index (χ4n) is 5.08. The van der Waals surface area contributed by atoms with Crippen molar-refractivity contribution in [1.82, 2.24) is 15.5 Å². The van der Waals surface area contributed by atoms with Crippen LogP contribution in [0.5, 0.6) is 5.75 Å². The first kappa shape index (κ1) is 31.0. The molecule has 2 aliphatic rings. The number of urea groups is 1. The lowest BCUT2D eigenvalue weighted by Gasteiger charge is -2.33. The van der Waals surface area contributed by atoms with Crippen molar-refractivity contribution in [2.45, 2.75) is 83.8 Å². The Morgan fingerprint density at radius 3 is 2.61 bits per heavy atom. The first-order chi connectivity index (χ1) is 19.8. The predicted octanol–water partition coefficient (Wildman–Crippen LogP) is 4.61. The molecule has 3 amide bonds. The first-order valence-corrected chi connectivity index (χ1v) is 14.9. The number of nitrogens with one attached hydrogen (secondary N) is 2. The third-order valence-corrected chi connectivity index (χ3v) is 7.37. The molecule has 3 N–H and O–H groups in total. The molecule has 2 heterocycles. The van der Waals surface area contributed by atoms with E-state index < -0.39 is 11.9 Å². The van der Waals surface area contributed by atoms with Crippen LogP contribution in [0.4, 0.5) is 4.79 Å². The van der Waals surface area contributed by atoms with E-state index in [4.69, 9.17) is 14.2 Å². The summed E-state index contributed by atoms with van der Waals surface area (Å²) in [5.41, 5.74) is 4.13. The third-order valence-electron chi connectivity index (χ3n) is 7.37. The van der Waals surface area contributed by atoms with E-state index in [1.54, 1.807) is 0 Å². The van der Waals surface area contributed by atoms with Crippen molar-refractivity contribution in [2.75, 3.05) is 32.8 Å². The maximum Gasteiger partial charge on any atom is 0.324 e. The van der Waals surface area contributed by atoms with Crippen LogP contribution < -0.4 is 15.4 Å². The van der Waals surface area contributed by atoms with Gasteiger partial charge < -0.3 is 29.5 Å². The van der Waals surface area contributed by atoms with E-state index in [2.05, 4.69) is 22.8 Å². The minimum Gasteiger partial charge on any atom is -0.463 e. The van der Waals surface area contributed by atoms with Gasteiger partial charge in [0.1, 0.15) is 12.3 Å². The number of fused-ring (bicyclic) bond motifs is 1. The number of hydrogen-bond acceptors (Lipinski definition) is 7. The van der Waals surface area contributed by atoms with Gasteiger partial charge in [-0.1, -0.05) is 43.2 Å². The zero-order valence-electron chi connectivity index (χ0n) is 24.5. The second-order valence-electron chi connectivity index (χ2n) is 11.4. The molecule has 1 fully saturated rings. The molecule has 9 heteroatoms. The first-order valence-electron chi connectivity index (χ1n) is 14.9. The lowest BCUT2D eigenvalue weighted by Crippen LogP contribution is -2.35. The Balaban J connectivity index is 0.969. The normalized spacial score (nSPS) is 16.8. The smallest absolute Gasteiger partial charge is 0.324 e. The summed E-state index contributed by atoms with van der Waals surface area (Å²) in [7, 11) is 0. The number of imide groups is 1. The van der Waals surface area contributed by atoms with Gasteiger partial charge in [0.2, 0.25) is 11.7 Å². The van der Waals surface area contributed by atoms with Crippen LogP contribution in [0.2, 0.25) is 0 Å². The van der Waals surface area contributed by atoms with E-state index in [1.165, 1.54) is 10.5 Å². The summed E-state index contributed by atoms with van der Waals surface area (Å²) in [6, 6.07) is 13.7. The van der Waals surface area contributed by atoms with E-state index in [1.807, 2.05) is 44.2 Å². The Hall–Kier alpha value is -2.98. The van der Waals surface area contributed by atoms with Gasteiger partial charge in [-0.15, -0.1) is 0 Å². The number of rotatable bonds is 17. The molecule has 1 saturated heterocycles. The Morgan fingerprint density at radius 1 is 1.02 bits per heavy atom. The summed E-state index contributed by atoms with van der Waals surface area (Å²) in [6.45, 7) is 7.83. The van der Waals surface area contributed by atoms with Gasteiger partial charge in [-0.25, -0.2) is 4.79 Å². The van der Waals surface area contributed by atoms with Crippen LogP contribution in [-0.4, -0.2) is 60.6 Å². The Labute approximate surface area is 243 Å². The van der Waals surface area contributed by atoms with Gasteiger partial charge in [0, 0.05) is 45.7 Å². The van der Waals surface area contributed by atoms with Crippen LogP contribution in [0.3, 0.4) is 0 Å². The van der Waals surface area contributed by atoms with Crippen LogP contribution in [-0.2, 0) is 33.8 Å². The van der Waals surface area contributed by atoms with E-state index in [-0.39, 0.29) is 18.5 Å². The van der Waals surface area contributed by atoms with E-state index in [9.17, 15) is 14.7 Å². The molecule has 4 rings (SSSR count). The number of aliphatic hydroxyl groups excluding tert-OH is 1. The summed E-state index contributed by atoms with van der Waals surface area (Å²) in [5, 5.41) is 16.2. The highest BCUT2D eigenvalue weighted by atomic mass is 16.7. The van der Waals surface area contributed by atoms with E-state index in [0.717, 1.165) is 87.1 Å². The topological polar surface area (TPSA) is 109 Å². The van der Waals surface area contributed by atoms with Crippen LogP contribution >= 0.6 is 0 Å². The average molecular weight is 568 g/mol. The summed E-state index contributed by atoms with van der Waals surface area (Å²) < 4.78 is 17.3. The number of amides is 3. The van der Waals surface area contributed by atoms with Crippen LogP contribution in [0.15, 0.2) is 42.5 Å². The number of nitrogens with zero attached hydrogens (tertiary/aromatic N) is 1. The van der Waals surface area contributed by atoms with Crippen molar-refractivity contribution in [3.05, 3.63) is 64.7 Å². The average Bonchev–Trinajstić information content (AvgIpc) is 3.26. The third kappa shape index (κ3) is 10.1. The molecular formula is C32H45N3O6. The zero-order valence-corrected chi connectivity index (χ0v) is 24.5. The van der Waals surface area contributed by atoms with Gasteiger partial charge in [0.05, 0.1) is 12.7 Å². The SMILES string of the molecule is CC1(C)OCc2cc([C@H](O)CNCCCCCCOCCCCc3cccc(CN4CC(=O)NC4=O)c3)ccc2O1. The van der Waals surface area contributed by atoms with Crippen molar-refractivity contribution in [3.63, 3.8) is 0 Å². The molecule has 41 heavy (non-hydrogen) atoms. The highest BCUT2D eigenvalue weighted by Crippen LogP contribution is 2.32. The molecule has 2 aromatic rings. The molecule has 1 atom stereocenters. The fraction of sp³-hybridized carbons (Fsp3) is 0.562. The highest BCUT2D eigenvalue weighted by Gasteiger charge is 2.28. The lowest BCUT2D eigenvalue weighted by molar-refractivity contribution is -0.180. The monoisotopic (exact) mass is 567 g/mol. The second-order valence-corrected chi connectivity index (χ2v) is 11.4. The standard InChI is InChI=1S/C32H45N3O6/c1-32(2)40-23-27-19-26(13-14-29(27)41-32)28(36)20-33-15-6-3-4-7-16-39-17-8-5-10-24-11-9-12-25(18-24)21-35-22-30(37)34-31(35)38/h9,11-14,18-19,28,33,36H,3-8,10,15-17,20-23H2,1-2H3,(H,34,37,38)/t28-/m1/s1. The van der Waals surface area contributed by atoms with Crippen molar-refractivity contribution in [2.24, 2.45) is 0 Å². The van der Waals surface area contributed by atoms with Gasteiger partial charge in [-0.2, -0.15) is 0 Å². The Kier molecular flexibility index (Phi) is 11.6. The van der Waals surface area contributed by atoms with Crippen LogP contribution in [0.1, 0.15) is 80.7 Å². The minimum atomic E-state index is -0.613. The molecule has 224 valence electrons. The number of aryl methyl sites for hydroxylation is 1. The Morgan fingerprint density at radius 2 is 1.80 bits per heavy atom. The Bertz CT molecular complexity index is 1150. The van der Waals surface area contributed by atoms with Crippen LogP contribution in [0, 0.1) is 0 Å². The van der Waals surface area contributed by atoms with Gasteiger partial charge in [0.15, 0.2) is 0 Å². The molecule has 0 spiro atoms. The number of benzene rings is 2. The van der Waals surface area contributed by atoms with Crippen LogP contribution in [0.25, 0.3) is 0 Å². The van der Waals surface area contributed by atoms with Gasteiger partial charge >= 0.3 is 6.03 Å². The van der Waals surface area contributed by atoms with Crippen molar-refractivity contribution < 1.29 is 28.9 Å².